The number of rotatable bonds is 2. The molecule has 80 valence electrons. The highest BCUT2D eigenvalue weighted by Gasteiger charge is 2.48. The first-order valence-electron chi connectivity index (χ1n) is 5.06. The van der Waals surface area contributed by atoms with Crippen molar-refractivity contribution in [1.29, 1.82) is 0 Å². The van der Waals surface area contributed by atoms with E-state index in [0.717, 1.165) is 12.0 Å². The van der Waals surface area contributed by atoms with E-state index in [1.165, 1.54) is 5.57 Å². The third-order valence-electron chi connectivity index (χ3n) is 2.94. The van der Waals surface area contributed by atoms with Crippen molar-refractivity contribution in [3.63, 3.8) is 0 Å². The van der Waals surface area contributed by atoms with Gasteiger partial charge in [-0.2, -0.15) is 0 Å². The Labute approximate surface area is 86.9 Å². The minimum Gasteiger partial charge on any atom is -0.337 e. The highest BCUT2D eigenvalue weighted by molar-refractivity contribution is 5.32. The molecule has 0 amide bonds. The second-order valence-corrected chi connectivity index (χ2v) is 5.35. The van der Waals surface area contributed by atoms with Crippen LogP contribution >= 0.6 is 0 Å². The quantitative estimate of drug-likeness (QED) is 0.492. The maximum absolute atomic E-state index is 8.06. The van der Waals surface area contributed by atoms with E-state index in [9.17, 15) is 0 Å². The van der Waals surface area contributed by atoms with Gasteiger partial charge in [0.15, 0.2) is 0 Å². The zero-order chi connectivity index (χ0) is 11.1. The molecule has 2 nitrogen and oxygen atoms in total. The lowest BCUT2D eigenvalue weighted by molar-refractivity contribution is -0.185. The molecule has 1 aliphatic heterocycles. The number of hydrogen-bond donors (Lipinski definition) is 0. The first-order valence-corrected chi connectivity index (χ1v) is 5.06. The standard InChI is InChI=1S/C12H21NO/c1-9(2)7-10-8-11(3,4)13(14)12(10,5)6/h8,14H,1,7H2,2-6H3/p+1. The van der Waals surface area contributed by atoms with Crippen LogP contribution in [0.15, 0.2) is 23.8 Å². The molecular weight excluding hydrogens is 174 g/mol. The first kappa shape index (κ1) is 11.5. The summed E-state index contributed by atoms with van der Waals surface area (Å²) in [6.45, 7) is 14.3. The molecule has 1 heterocycles. The lowest BCUT2D eigenvalue weighted by atomic mass is 9.91. The van der Waals surface area contributed by atoms with Crippen molar-refractivity contribution < 1.29 is 5.21 Å². The second-order valence-electron chi connectivity index (χ2n) is 5.35. The lowest BCUT2D eigenvalue weighted by Gasteiger charge is -2.31. The molecule has 0 aromatic rings. The minimum atomic E-state index is -0.164. The Balaban J connectivity index is 3.00. The summed E-state index contributed by atoms with van der Waals surface area (Å²) >= 11 is 0. The van der Waals surface area contributed by atoms with Gasteiger partial charge in [0.2, 0.25) is 0 Å². The molecule has 2 heteroatoms. The van der Waals surface area contributed by atoms with E-state index in [0.29, 0.717) is 0 Å². The molecule has 0 spiro atoms. The van der Waals surface area contributed by atoms with Gasteiger partial charge in [0.25, 0.3) is 0 Å². The molecule has 0 bridgehead atoms. The predicted molar refractivity (Wildman–Crippen MR) is 61.1 cm³/mol. The molecule has 0 aromatic carbocycles. The Bertz CT molecular complexity index is 287. The summed E-state index contributed by atoms with van der Waals surface area (Å²) in [6.07, 6.45) is 3.11. The van der Waals surface area contributed by atoms with Gasteiger partial charge in [-0.05, 0) is 46.6 Å². The highest BCUT2D eigenvalue weighted by atomic mass is 16.5. The summed E-state index contributed by atoms with van der Waals surface area (Å²) in [6, 6.07) is 0. The molecule has 14 heavy (non-hydrogen) atoms. The summed E-state index contributed by atoms with van der Waals surface area (Å²) < 4.78 is 0. The molecule has 0 unspecified atom stereocenters. The van der Waals surface area contributed by atoms with Crippen LogP contribution in [-0.2, 0) is 0 Å². The van der Waals surface area contributed by atoms with Crippen LogP contribution in [-0.4, -0.2) is 21.3 Å². The SMILES string of the molecule is C=C(C)CC1=CC(C)(C)N([OH2+])C1(C)C. The van der Waals surface area contributed by atoms with Crippen LogP contribution in [0.5, 0.6) is 0 Å². The van der Waals surface area contributed by atoms with Crippen LogP contribution in [0.25, 0.3) is 0 Å². The van der Waals surface area contributed by atoms with Gasteiger partial charge in [0, 0.05) is 0 Å². The molecule has 0 fully saturated rings. The van der Waals surface area contributed by atoms with Crippen LogP contribution in [0.2, 0.25) is 0 Å². The van der Waals surface area contributed by atoms with Crippen molar-refractivity contribution in [2.75, 3.05) is 0 Å². The Kier molecular flexibility index (Phi) is 2.63. The van der Waals surface area contributed by atoms with E-state index >= 15 is 0 Å². The van der Waals surface area contributed by atoms with E-state index < -0.39 is 0 Å². The Morgan fingerprint density at radius 1 is 1.43 bits per heavy atom. The fourth-order valence-corrected chi connectivity index (χ4v) is 2.12. The zero-order valence-electron chi connectivity index (χ0n) is 9.94. The monoisotopic (exact) mass is 196 g/mol. The molecule has 2 N–H and O–H groups in total. The van der Waals surface area contributed by atoms with E-state index in [4.69, 9.17) is 5.21 Å². The van der Waals surface area contributed by atoms with Crippen molar-refractivity contribution in [3.8, 4) is 0 Å². The molecule has 0 aliphatic carbocycles. The molecule has 0 atom stereocenters. The van der Waals surface area contributed by atoms with Gasteiger partial charge in [-0.15, -0.1) is 0 Å². The lowest BCUT2D eigenvalue weighted by Crippen LogP contribution is -2.47. The fraction of sp³-hybridized carbons (Fsp3) is 0.667. The summed E-state index contributed by atoms with van der Waals surface area (Å²) in [5.74, 6) is 0. The summed E-state index contributed by atoms with van der Waals surface area (Å²) in [5.41, 5.74) is 2.15. The van der Waals surface area contributed by atoms with Crippen LogP contribution in [0.4, 0.5) is 0 Å². The Hall–Kier alpha value is -0.600. The van der Waals surface area contributed by atoms with Crippen LogP contribution in [0.3, 0.4) is 0 Å². The van der Waals surface area contributed by atoms with E-state index in [-0.39, 0.29) is 11.1 Å². The van der Waals surface area contributed by atoms with Gasteiger partial charge in [-0.25, -0.2) is 0 Å². The maximum Gasteiger partial charge on any atom is 0.105 e. The summed E-state index contributed by atoms with van der Waals surface area (Å²) in [7, 11) is 0. The number of nitrogens with zero attached hydrogens (tertiary/aromatic N) is 1. The molecular formula is C12H22NO+. The van der Waals surface area contributed by atoms with Gasteiger partial charge in [-0.1, -0.05) is 23.3 Å². The molecule has 0 saturated heterocycles. The molecule has 0 aromatic heterocycles. The molecule has 0 radical (unpaired) electrons. The van der Waals surface area contributed by atoms with Crippen molar-refractivity contribution >= 4 is 0 Å². The van der Waals surface area contributed by atoms with E-state index in [1.54, 1.807) is 5.06 Å². The van der Waals surface area contributed by atoms with Gasteiger partial charge < -0.3 is 5.21 Å². The smallest absolute Gasteiger partial charge is 0.105 e. The number of hydrogen-bond acceptors (Lipinski definition) is 1. The molecule has 1 aliphatic rings. The number of allylic oxidation sites excluding steroid dienone is 1. The third-order valence-corrected chi connectivity index (χ3v) is 2.94. The second kappa shape index (κ2) is 3.21. The van der Waals surface area contributed by atoms with Crippen LogP contribution < -0.4 is 0 Å². The maximum atomic E-state index is 8.06. The summed E-state index contributed by atoms with van der Waals surface area (Å²) in [5, 5.41) is 9.74. The van der Waals surface area contributed by atoms with E-state index in [1.807, 2.05) is 6.92 Å². The minimum absolute atomic E-state index is 0.158. The number of hydroxylamine groups is 2. The Morgan fingerprint density at radius 3 is 2.21 bits per heavy atom. The Morgan fingerprint density at radius 2 is 1.93 bits per heavy atom. The average molecular weight is 196 g/mol. The average Bonchev–Trinajstić information content (AvgIpc) is 2.12. The fourth-order valence-electron chi connectivity index (χ4n) is 2.12. The topological polar surface area (TPSA) is 26.1 Å². The predicted octanol–water partition coefficient (Wildman–Crippen LogP) is 2.39. The zero-order valence-corrected chi connectivity index (χ0v) is 9.94. The largest absolute Gasteiger partial charge is 0.337 e. The van der Waals surface area contributed by atoms with Crippen molar-refractivity contribution in [3.05, 3.63) is 23.8 Å². The van der Waals surface area contributed by atoms with Gasteiger partial charge >= 0.3 is 0 Å². The van der Waals surface area contributed by atoms with Gasteiger partial charge in [0.1, 0.15) is 11.1 Å². The van der Waals surface area contributed by atoms with E-state index in [2.05, 4.69) is 40.3 Å². The normalized spacial score (nSPS) is 24.9. The van der Waals surface area contributed by atoms with Crippen LogP contribution in [0.1, 0.15) is 41.0 Å². The molecule has 0 saturated carbocycles. The highest BCUT2D eigenvalue weighted by Crippen LogP contribution is 2.40. The molecule has 1 rings (SSSR count). The van der Waals surface area contributed by atoms with Crippen molar-refractivity contribution in [2.45, 2.75) is 52.1 Å². The van der Waals surface area contributed by atoms with Crippen molar-refractivity contribution in [1.82, 2.24) is 5.06 Å². The third kappa shape index (κ3) is 1.77. The first-order chi connectivity index (χ1) is 6.18. The van der Waals surface area contributed by atoms with Gasteiger partial charge in [0.05, 0.1) is 0 Å². The van der Waals surface area contributed by atoms with Gasteiger partial charge in [-0.3, -0.25) is 0 Å². The summed E-state index contributed by atoms with van der Waals surface area (Å²) in [4.78, 5) is 0. The van der Waals surface area contributed by atoms with Crippen molar-refractivity contribution in [2.24, 2.45) is 0 Å². The van der Waals surface area contributed by atoms with Crippen LogP contribution in [0, 0.1) is 0 Å².